The summed E-state index contributed by atoms with van der Waals surface area (Å²) in [6, 6.07) is 7.71. The molecule has 1 aromatic rings. The van der Waals surface area contributed by atoms with Gasteiger partial charge in [-0.1, -0.05) is 24.3 Å². The average Bonchev–Trinajstić information content (AvgIpc) is 2.23. The average molecular weight is 209 g/mol. The molecule has 0 radical (unpaired) electrons. The Balaban J connectivity index is 0.000000583. The SMILES string of the molecule is CCO.COC/C=C/c1ccc(N)cc1. The molecule has 0 aliphatic carbocycles. The molecule has 1 aromatic carbocycles. The minimum Gasteiger partial charge on any atom is -0.399 e. The van der Waals surface area contributed by atoms with Gasteiger partial charge >= 0.3 is 0 Å². The Bertz CT molecular complexity index is 267. The first-order valence-corrected chi connectivity index (χ1v) is 4.86. The van der Waals surface area contributed by atoms with Crippen LogP contribution in [0.15, 0.2) is 30.3 Å². The number of hydrogen-bond donors (Lipinski definition) is 2. The van der Waals surface area contributed by atoms with Gasteiger partial charge in [0.15, 0.2) is 0 Å². The summed E-state index contributed by atoms with van der Waals surface area (Å²) in [6.07, 6.45) is 3.97. The van der Waals surface area contributed by atoms with Crippen LogP contribution in [0.5, 0.6) is 0 Å². The van der Waals surface area contributed by atoms with Crippen LogP contribution >= 0.6 is 0 Å². The molecular weight excluding hydrogens is 190 g/mol. The van der Waals surface area contributed by atoms with Gasteiger partial charge in [-0.05, 0) is 24.6 Å². The van der Waals surface area contributed by atoms with Crippen molar-refractivity contribution in [3.05, 3.63) is 35.9 Å². The first kappa shape index (κ1) is 13.7. The zero-order valence-corrected chi connectivity index (χ0v) is 9.31. The quantitative estimate of drug-likeness (QED) is 0.748. The Morgan fingerprint density at radius 1 is 1.33 bits per heavy atom. The molecule has 0 saturated carbocycles. The zero-order chi connectivity index (χ0) is 11.5. The van der Waals surface area contributed by atoms with Gasteiger partial charge in [-0.2, -0.15) is 0 Å². The Morgan fingerprint density at radius 2 is 1.87 bits per heavy atom. The van der Waals surface area contributed by atoms with Crippen LogP contribution in [0.25, 0.3) is 6.08 Å². The highest BCUT2D eigenvalue weighted by Crippen LogP contribution is 2.06. The molecule has 84 valence electrons. The molecule has 0 bridgehead atoms. The van der Waals surface area contributed by atoms with Crippen LogP contribution in [0, 0.1) is 0 Å². The van der Waals surface area contributed by atoms with Crippen molar-refractivity contribution in [3.63, 3.8) is 0 Å². The van der Waals surface area contributed by atoms with Gasteiger partial charge in [0.05, 0.1) is 6.61 Å². The van der Waals surface area contributed by atoms with E-state index in [1.54, 1.807) is 14.0 Å². The van der Waals surface area contributed by atoms with E-state index >= 15 is 0 Å². The summed E-state index contributed by atoms with van der Waals surface area (Å²) in [6.45, 7) is 2.57. The molecule has 15 heavy (non-hydrogen) atoms. The van der Waals surface area contributed by atoms with Crippen molar-refractivity contribution in [2.45, 2.75) is 6.92 Å². The van der Waals surface area contributed by atoms with Gasteiger partial charge in [-0.3, -0.25) is 0 Å². The normalized spacial score (nSPS) is 9.80. The highest BCUT2D eigenvalue weighted by molar-refractivity contribution is 5.53. The fraction of sp³-hybridized carbons (Fsp3) is 0.333. The predicted octanol–water partition coefficient (Wildman–Crippen LogP) is 1.93. The third kappa shape index (κ3) is 7.73. The first-order valence-electron chi connectivity index (χ1n) is 4.86. The number of hydrogen-bond acceptors (Lipinski definition) is 3. The van der Waals surface area contributed by atoms with Gasteiger partial charge in [0.2, 0.25) is 0 Å². The van der Waals surface area contributed by atoms with E-state index < -0.39 is 0 Å². The molecular formula is C12H19NO2. The van der Waals surface area contributed by atoms with Crippen molar-refractivity contribution in [2.75, 3.05) is 26.1 Å². The number of benzene rings is 1. The van der Waals surface area contributed by atoms with Crippen LogP contribution < -0.4 is 5.73 Å². The lowest BCUT2D eigenvalue weighted by Crippen LogP contribution is -1.83. The summed E-state index contributed by atoms with van der Waals surface area (Å²) in [5, 5.41) is 7.57. The molecule has 0 heterocycles. The van der Waals surface area contributed by atoms with Gasteiger partial charge in [-0.25, -0.2) is 0 Å². The highest BCUT2D eigenvalue weighted by Gasteiger charge is 1.85. The molecule has 0 atom stereocenters. The fourth-order valence-corrected chi connectivity index (χ4v) is 0.888. The third-order valence-corrected chi connectivity index (χ3v) is 1.51. The van der Waals surface area contributed by atoms with E-state index in [1.807, 2.05) is 36.4 Å². The largest absolute Gasteiger partial charge is 0.399 e. The number of anilines is 1. The van der Waals surface area contributed by atoms with E-state index in [4.69, 9.17) is 15.6 Å². The Morgan fingerprint density at radius 3 is 2.33 bits per heavy atom. The van der Waals surface area contributed by atoms with Crippen LogP contribution in [0.1, 0.15) is 12.5 Å². The van der Waals surface area contributed by atoms with E-state index in [-0.39, 0.29) is 6.61 Å². The Labute approximate surface area is 91.2 Å². The van der Waals surface area contributed by atoms with Crippen molar-refractivity contribution in [3.8, 4) is 0 Å². The maximum Gasteiger partial charge on any atom is 0.0646 e. The number of rotatable bonds is 3. The zero-order valence-electron chi connectivity index (χ0n) is 9.31. The summed E-state index contributed by atoms with van der Waals surface area (Å²) in [7, 11) is 1.67. The van der Waals surface area contributed by atoms with E-state index in [0.29, 0.717) is 6.61 Å². The number of nitrogen functional groups attached to an aromatic ring is 1. The van der Waals surface area contributed by atoms with E-state index in [2.05, 4.69) is 0 Å². The van der Waals surface area contributed by atoms with Crippen molar-refractivity contribution < 1.29 is 9.84 Å². The summed E-state index contributed by atoms with van der Waals surface area (Å²) in [5.41, 5.74) is 7.46. The topological polar surface area (TPSA) is 55.5 Å². The molecule has 3 heteroatoms. The molecule has 3 N–H and O–H groups in total. The molecule has 0 aliphatic rings. The summed E-state index contributed by atoms with van der Waals surface area (Å²) in [4.78, 5) is 0. The lowest BCUT2D eigenvalue weighted by Gasteiger charge is -1.94. The second-order valence-corrected chi connectivity index (χ2v) is 2.84. The smallest absolute Gasteiger partial charge is 0.0646 e. The van der Waals surface area contributed by atoms with Gasteiger partial charge in [0, 0.05) is 19.4 Å². The molecule has 3 nitrogen and oxygen atoms in total. The monoisotopic (exact) mass is 209 g/mol. The number of ether oxygens (including phenoxy) is 1. The van der Waals surface area contributed by atoms with E-state index in [1.165, 1.54) is 0 Å². The number of nitrogens with two attached hydrogens (primary N) is 1. The number of aliphatic hydroxyl groups excluding tert-OH is 1. The molecule has 0 amide bonds. The highest BCUT2D eigenvalue weighted by atomic mass is 16.5. The van der Waals surface area contributed by atoms with Gasteiger partial charge in [0.25, 0.3) is 0 Å². The van der Waals surface area contributed by atoms with Crippen molar-refractivity contribution in [1.29, 1.82) is 0 Å². The minimum absolute atomic E-state index is 0.250. The second kappa shape index (κ2) is 9.24. The summed E-state index contributed by atoms with van der Waals surface area (Å²) in [5.74, 6) is 0. The molecule has 0 saturated heterocycles. The molecule has 0 spiro atoms. The van der Waals surface area contributed by atoms with Crippen molar-refractivity contribution in [1.82, 2.24) is 0 Å². The molecule has 0 aromatic heterocycles. The maximum atomic E-state index is 7.57. The Hall–Kier alpha value is -1.32. The second-order valence-electron chi connectivity index (χ2n) is 2.84. The third-order valence-electron chi connectivity index (χ3n) is 1.51. The minimum atomic E-state index is 0.250. The van der Waals surface area contributed by atoms with Crippen LogP contribution in [0.3, 0.4) is 0 Å². The van der Waals surface area contributed by atoms with Gasteiger partial charge < -0.3 is 15.6 Å². The molecule has 0 aliphatic heterocycles. The first-order chi connectivity index (χ1) is 7.24. The number of aliphatic hydroxyl groups is 1. The number of methoxy groups -OCH3 is 1. The van der Waals surface area contributed by atoms with Crippen LogP contribution in [-0.4, -0.2) is 25.4 Å². The molecule has 0 unspecified atom stereocenters. The Kier molecular flexibility index (Phi) is 8.43. The summed E-state index contributed by atoms with van der Waals surface area (Å²) >= 11 is 0. The van der Waals surface area contributed by atoms with Crippen LogP contribution in [0.2, 0.25) is 0 Å². The van der Waals surface area contributed by atoms with Crippen molar-refractivity contribution in [2.24, 2.45) is 0 Å². The van der Waals surface area contributed by atoms with Gasteiger partial charge in [-0.15, -0.1) is 0 Å². The standard InChI is InChI=1S/C10H13NO.C2H6O/c1-12-8-2-3-9-4-6-10(11)7-5-9;1-2-3/h2-7H,8,11H2,1H3;3H,2H2,1H3/b3-2+;. The predicted molar refractivity (Wildman–Crippen MR) is 64.5 cm³/mol. The van der Waals surface area contributed by atoms with E-state index in [9.17, 15) is 0 Å². The van der Waals surface area contributed by atoms with Crippen LogP contribution in [-0.2, 0) is 4.74 Å². The lowest BCUT2D eigenvalue weighted by atomic mass is 10.2. The fourth-order valence-electron chi connectivity index (χ4n) is 0.888. The van der Waals surface area contributed by atoms with Gasteiger partial charge in [0.1, 0.15) is 0 Å². The van der Waals surface area contributed by atoms with Crippen molar-refractivity contribution >= 4 is 11.8 Å². The maximum absolute atomic E-state index is 7.57. The molecule has 1 rings (SSSR count). The van der Waals surface area contributed by atoms with E-state index in [0.717, 1.165) is 11.3 Å². The molecule has 0 fully saturated rings. The van der Waals surface area contributed by atoms with Crippen LogP contribution in [0.4, 0.5) is 5.69 Å². The summed E-state index contributed by atoms with van der Waals surface area (Å²) < 4.78 is 4.88. The lowest BCUT2D eigenvalue weighted by molar-refractivity contribution is 0.234.